The summed E-state index contributed by atoms with van der Waals surface area (Å²) in [6.07, 6.45) is 2.16. The van der Waals surface area contributed by atoms with Gasteiger partial charge in [0.05, 0.1) is 18.8 Å². The van der Waals surface area contributed by atoms with Gasteiger partial charge in [-0.1, -0.05) is 17.7 Å². The molecule has 27 heavy (non-hydrogen) atoms. The van der Waals surface area contributed by atoms with Crippen LogP contribution >= 0.6 is 11.6 Å². The van der Waals surface area contributed by atoms with E-state index in [0.717, 1.165) is 25.0 Å². The number of nitrogens with one attached hydrogen (secondary N) is 1. The topological polar surface area (TPSA) is 56.8 Å². The van der Waals surface area contributed by atoms with Crippen LogP contribution in [-0.4, -0.2) is 32.3 Å². The van der Waals surface area contributed by atoms with E-state index in [2.05, 4.69) is 5.32 Å². The van der Waals surface area contributed by atoms with Crippen molar-refractivity contribution >= 4 is 17.5 Å². The van der Waals surface area contributed by atoms with Gasteiger partial charge in [-0.3, -0.25) is 4.79 Å². The van der Waals surface area contributed by atoms with Gasteiger partial charge in [0.2, 0.25) is 0 Å². The highest BCUT2D eigenvalue weighted by Gasteiger charge is 2.17. The lowest BCUT2D eigenvalue weighted by Crippen LogP contribution is -2.24. The summed E-state index contributed by atoms with van der Waals surface area (Å²) < 4.78 is 30.5. The molecule has 1 fully saturated rings. The van der Waals surface area contributed by atoms with Crippen LogP contribution < -0.4 is 14.8 Å². The van der Waals surface area contributed by atoms with Crippen molar-refractivity contribution in [2.24, 2.45) is 0 Å². The van der Waals surface area contributed by atoms with Gasteiger partial charge in [-0.2, -0.15) is 0 Å². The van der Waals surface area contributed by atoms with E-state index in [9.17, 15) is 9.18 Å². The first-order chi connectivity index (χ1) is 13.1. The molecule has 0 radical (unpaired) electrons. The van der Waals surface area contributed by atoms with Gasteiger partial charge in [0.15, 0.2) is 11.5 Å². The van der Waals surface area contributed by atoms with E-state index < -0.39 is 11.7 Å². The van der Waals surface area contributed by atoms with Gasteiger partial charge in [0.1, 0.15) is 12.4 Å². The van der Waals surface area contributed by atoms with E-state index >= 15 is 0 Å². The van der Waals surface area contributed by atoms with Crippen LogP contribution in [0.2, 0.25) is 5.02 Å². The van der Waals surface area contributed by atoms with Crippen LogP contribution in [0.15, 0.2) is 36.4 Å². The number of methoxy groups -OCH3 is 1. The summed E-state index contributed by atoms with van der Waals surface area (Å²) in [4.78, 5) is 12.2. The maximum atomic E-state index is 13.8. The van der Waals surface area contributed by atoms with Crippen LogP contribution in [0.3, 0.4) is 0 Å². The Morgan fingerprint density at radius 3 is 2.89 bits per heavy atom. The minimum atomic E-state index is -0.618. The normalized spacial score (nSPS) is 16.2. The van der Waals surface area contributed by atoms with E-state index in [-0.39, 0.29) is 18.2 Å². The van der Waals surface area contributed by atoms with Crippen molar-refractivity contribution in [2.75, 3.05) is 20.3 Å². The van der Waals surface area contributed by atoms with Crippen LogP contribution in [0.25, 0.3) is 0 Å². The number of hydrogen-bond acceptors (Lipinski definition) is 4. The molecule has 1 atom stereocenters. The van der Waals surface area contributed by atoms with Crippen molar-refractivity contribution in [1.82, 2.24) is 5.32 Å². The molecule has 0 saturated carbocycles. The number of hydrogen-bond donors (Lipinski definition) is 1. The van der Waals surface area contributed by atoms with E-state index in [1.807, 2.05) is 6.07 Å². The molecule has 5 nitrogen and oxygen atoms in total. The van der Waals surface area contributed by atoms with E-state index in [4.69, 9.17) is 25.8 Å². The number of amides is 1. The molecule has 1 aliphatic heterocycles. The standard InChI is InChI=1S/C20H21ClFNO4/c1-25-19-9-13(4-7-18(19)27-12-15-3-2-8-26-15)11-23-20(24)16-10-14(21)5-6-17(16)22/h4-7,9-10,15H,2-3,8,11-12H2,1H3,(H,23,24). The van der Waals surface area contributed by atoms with Gasteiger partial charge in [0.25, 0.3) is 5.91 Å². The summed E-state index contributed by atoms with van der Waals surface area (Å²) in [7, 11) is 1.55. The van der Waals surface area contributed by atoms with Crippen molar-refractivity contribution < 1.29 is 23.4 Å². The number of carbonyl (C=O) groups excluding carboxylic acids is 1. The zero-order valence-corrected chi connectivity index (χ0v) is 15.7. The lowest BCUT2D eigenvalue weighted by atomic mass is 10.1. The van der Waals surface area contributed by atoms with Gasteiger partial charge in [0, 0.05) is 18.2 Å². The lowest BCUT2D eigenvalue weighted by molar-refractivity contribution is 0.0669. The molecule has 144 valence electrons. The first-order valence-electron chi connectivity index (χ1n) is 8.71. The van der Waals surface area contributed by atoms with Gasteiger partial charge < -0.3 is 19.5 Å². The Hall–Kier alpha value is -2.31. The molecule has 1 aliphatic rings. The Balaban J connectivity index is 1.61. The third-order valence-corrected chi connectivity index (χ3v) is 4.54. The lowest BCUT2D eigenvalue weighted by Gasteiger charge is -2.15. The fourth-order valence-electron chi connectivity index (χ4n) is 2.85. The molecule has 2 aromatic rings. The molecule has 1 amide bonds. The number of carbonyl (C=O) groups is 1. The molecule has 0 aliphatic carbocycles. The van der Waals surface area contributed by atoms with Gasteiger partial charge in [-0.15, -0.1) is 0 Å². The summed E-state index contributed by atoms with van der Waals surface area (Å²) in [6.45, 7) is 1.46. The largest absolute Gasteiger partial charge is 0.493 e. The quantitative estimate of drug-likeness (QED) is 0.773. The van der Waals surface area contributed by atoms with E-state index in [1.54, 1.807) is 19.2 Å². The molecule has 7 heteroatoms. The SMILES string of the molecule is COc1cc(CNC(=O)c2cc(Cl)ccc2F)ccc1OCC1CCCO1. The van der Waals surface area contributed by atoms with Crippen LogP contribution in [0, 0.1) is 5.82 Å². The molecule has 0 aromatic heterocycles. The molecule has 1 saturated heterocycles. The average Bonchev–Trinajstić information content (AvgIpc) is 3.20. The summed E-state index contributed by atoms with van der Waals surface area (Å²) in [5.74, 6) is 0.0256. The van der Waals surface area contributed by atoms with Crippen LogP contribution in [0.5, 0.6) is 11.5 Å². The van der Waals surface area contributed by atoms with Gasteiger partial charge >= 0.3 is 0 Å². The van der Waals surface area contributed by atoms with Crippen molar-refractivity contribution in [3.8, 4) is 11.5 Å². The second-order valence-electron chi connectivity index (χ2n) is 6.24. The molecule has 3 rings (SSSR count). The molecule has 0 spiro atoms. The Morgan fingerprint density at radius 2 is 2.15 bits per heavy atom. The van der Waals surface area contributed by atoms with Crippen LogP contribution in [-0.2, 0) is 11.3 Å². The third kappa shape index (κ3) is 5.11. The summed E-state index contributed by atoms with van der Waals surface area (Å²) in [5, 5.41) is 2.98. The fourth-order valence-corrected chi connectivity index (χ4v) is 3.02. The molecular formula is C20H21ClFNO4. The molecule has 1 N–H and O–H groups in total. The Kier molecular flexibility index (Phi) is 6.53. The third-order valence-electron chi connectivity index (χ3n) is 4.30. The highest BCUT2D eigenvalue weighted by atomic mass is 35.5. The van der Waals surface area contributed by atoms with Gasteiger partial charge in [-0.25, -0.2) is 4.39 Å². The first-order valence-corrected chi connectivity index (χ1v) is 9.09. The van der Waals surface area contributed by atoms with Crippen molar-refractivity contribution in [3.63, 3.8) is 0 Å². The predicted octanol–water partition coefficient (Wildman–Crippen LogP) is 3.98. The number of rotatable bonds is 7. The summed E-state index contributed by atoms with van der Waals surface area (Å²) in [5.41, 5.74) is 0.707. The minimum Gasteiger partial charge on any atom is -0.493 e. The second-order valence-corrected chi connectivity index (χ2v) is 6.67. The zero-order chi connectivity index (χ0) is 19.2. The van der Waals surface area contributed by atoms with Crippen LogP contribution in [0.4, 0.5) is 4.39 Å². The fraction of sp³-hybridized carbons (Fsp3) is 0.350. The molecule has 1 unspecified atom stereocenters. The Morgan fingerprint density at radius 1 is 1.30 bits per heavy atom. The summed E-state index contributed by atoms with van der Waals surface area (Å²) >= 11 is 5.83. The Labute approximate surface area is 162 Å². The molecular weight excluding hydrogens is 373 g/mol. The highest BCUT2D eigenvalue weighted by molar-refractivity contribution is 6.31. The number of halogens is 2. The van der Waals surface area contributed by atoms with Crippen LogP contribution in [0.1, 0.15) is 28.8 Å². The maximum Gasteiger partial charge on any atom is 0.254 e. The van der Waals surface area contributed by atoms with E-state index in [1.165, 1.54) is 18.2 Å². The van der Waals surface area contributed by atoms with Gasteiger partial charge in [-0.05, 0) is 48.7 Å². The number of benzene rings is 2. The zero-order valence-electron chi connectivity index (χ0n) is 15.0. The highest BCUT2D eigenvalue weighted by Crippen LogP contribution is 2.29. The summed E-state index contributed by atoms with van der Waals surface area (Å²) in [6, 6.07) is 9.25. The monoisotopic (exact) mass is 393 g/mol. The van der Waals surface area contributed by atoms with Crippen molar-refractivity contribution in [3.05, 3.63) is 58.4 Å². The number of ether oxygens (including phenoxy) is 3. The second kappa shape index (κ2) is 9.06. The van der Waals surface area contributed by atoms with Crippen molar-refractivity contribution in [1.29, 1.82) is 0 Å². The average molecular weight is 394 g/mol. The van der Waals surface area contributed by atoms with Crippen molar-refractivity contribution in [2.45, 2.75) is 25.5 Å². The smallest absolute Gasteiger partial charge is 0.254 e. The predicted molar refractivity (Wildman–Crippen MR) is 100 cm³/mol. The first kappa shape index (κ1) is 19.5. The Bertz CT molecular complexity index is 809. The molecule has 1 heterocycles. The maximum absolute atomic E-state index is 13.8. The van der Waals surface area contributed by atoms with E-state index in [0.29, 0.717) is 23.1 Å². The molecule has 2 aromatic carbocycles. The molecule has 0 bridgehead atoms. The minimum absolute atomic E-state index is 0.0917.